The quantitative estimate of drug-likeness (QED) is 0.669. The maximum absolute atomic E-state index is 13.2. The molecule has 2 heterocycles. The van der Waals surface area contributed by atoms with Crippen molar-refractivity contribution >= 4 is 17.3 Å². The third-order valence-electron chi connectivity index (χ3n) is 4.25. The van der Waals surface area contributed by atoms with Crippen LogP contribution in [0.1, 0.15) is 23.5 Å². The van der Waals surface area contributed by atoms with E-state index in [4.69, 9.17) is 4.74 Å². The first-order valence-electron chi connectivity index (χ1n) is 8.54. The van der Waals surface area contributed by atoms with Gasteiger partial charge in [0, 0.05) is 25.0 Å². The minimum Gasteiger partial charge on any atom is -0.367 e. The van der Waals surface area contributed by atoms with Gasteiger partial charge >= 0.3 is 0 Å². The van der Waals surface area contributed by atoms with Crippen LogP contribution in [0.15, 0.2) is 46.8 Å². The van der Waals surface area contributed by atoms with Crippen molar-refractivity contribution < 1.29 is 9.13 Å². The lowest BCUT2D eigenvalue weighted by atomic mass is 10.1. The molecule has 25 heavy (non-hydrogen) atoms. The first-order chi connectivity index (χ1) is 12.2. The molecule has 1 saturated heterocycles. The molecule has 1 aliphatic heterocycles. The number of morpholine rings is 1. The van der Waals surface area contributed by atoms with Crippen LogP contribution < -0.4 is 5.32 Å². The SMILES string of the molecule is CN=C(NCCc1cccs1)N1CC(C)OC(c2ccc(F)cc2)C1. The van der Waals surface area contributed by atoms with Gasteiger partial charge in [0.25, 0.3) is 0 Å². The number of benzene rings is 1. The van der Waals surface area contributed by atoms with Crippen LogP contribution in [-0.2, 0) is 11.2 Å². The van der Waals surface area contributed by atoms with E-state index >= 15 is 0 Å². The average molecular weight is 361 g/mol. The fourth-order valence-electron chi connectivity index (χ4n) is 3.07. The lowest BCUT2D eigenvalue weighted by Crippen LogP contribution is -2.51. The summed E-state index contributed by atoms with van der Waals surface area (Å²) in [6.07, 6.45) is 0.984. The van der Waals surface area contributed by atoms with Gasteiger partial charge in [-0.1, -0.05) is 18.2 Å². The van der Waals surface area contributed by atoms with Crippen LogP contribution in [0.25, 0.3) is 0 Å². The minimum absolute atomic E-state index is 0.0830. The number of rotatable bonds is 4. The molecule has 1 aliphatic rings. The first-order valence-corrected chi connectivity index (χ1v) is 9.42. The summed E-state index contributed by atoms with van der Waals surface area (Å²) in [6, 6.07) is 10.8. The van der Waals surface area contributed by atoms with Crippen LogP contribution in [0.5, 0.6) is 0 Å². The number of hydrogen-bond donors (Lipinski definition) is 1. The lowest BCUT2D eigenvalue weighted by Gasteiger charge is -2.38. The molecule has 4 nitrogen and oxygen atoms in total. The molecular formula is C19H24FN3OS. The highest BCUT2D eigenvalue weighted by molar-refractivity contribution is 7.09. The van der Waals surface area contributed by atoms with Crippen molar-refractivity contribution in [3.05, 3.63) is 58.0 Å². The van der Waals surface area contributed by atoms with Crippen LogP contribution in [-0.4, -0.2) is 43.6 Å². The molecule has 0 saturated carbocycles. The number of thiophene rings is 1. The molecule has 134 valence electrons. The van der Waals surface area contributed by atoms with Crippen molar-refractivity contribution in [1.29, 1.82) is 0 Å². The number of hydrogen-bond acceptors (Lipinski definition) is 3. The molecular weight excluding hydrogens is 337 g/mol. The number of halogens is 1. The Labute approximate surface area is 152 Å². The van der Waals surface area contributed by atoms with Crippen molar-refractivity contribution in [3.8, 4) is 0 Å². The van der Waals surface area contributed by atoms with Gasteiger partial charge in [-0.25, -0.2) is 4.39 Å². The van der Waals surface area contributed by atoms with Gasteiger partial charge in [-0.2, -0.15) is 0 Å². The van der Waals surface area contributed by atoms with Gasteiger partial charge in [0.05, 0.1) is 12.6 Å². The van der Waals surface area contributed by atoms with Crippen molar-refractivity contribution in [2.45, 2.75) is 25.6 Å². The summed E-state index contributed by atoms with van der Waals surface area (Å²) in [5.41, 5.74) is 0.993. The van der Waals surface area contributed by atoms with E-state index in [-0.39, 0.29) is 18.0 Å². The normalized spacial score (nSPS) is 21.4. The molecule has 0 bridgehead atoms. The van der Waals surface area contributed by atoms with E-state index in [1.807, 2.05) is 0 Å². The van der Waals surface area contributed by atoms with Crippen LogP contribution in [0.4, 0.5) is 4.39 Å². The lowest BCUT2D eigenvalue weighted by molar-refractivity contribution is -0.0604. The Bertz CT molecular complexity index is 687. The maximum Gasteiger partial charge on any atom is 0.193 e. The zero-order valence-electron chi connectivity index (χ0n) is 14.6. The molecule has 1 fully saturated rings. The second-order valence-electron chi connectivity index (χ2n) is 6.20. The van der Waals surface area contributed by atoms with Crippen LogP contribution >= 0.6 is 11.3 Å². The zero-order chi connectivity index (χ0) is 17.6. The molecule has 2 aromatic rings. The summed E-state index contributed by atoms with van der Waals surface area (Å²) in [4.78, 5) is 8.01. The fourth-order valence-corrected chi connectivity index (χ4v) is 3.78. The molecule has 1 aromatic carbocycles. The van der Waals surface area contributed by atoms with Crippen molar-refractivity contribution in [2.75, 3.05) is 26.7 Å². The number of aliphatic imine (C=N–C) groups is 1. The summed E-state index contributed by atoms with van der Waals surface area (Å²) < 4.78 is 19.2. The molecule has 0 aliphatic carbocycles. The van der Waals surface area contributed by atoms with E-state index in [0.717, 1.165) is 31.0 Å². The van der Waals surface area contributed by atoms with Gasteiger partial charge in [-0.3, -0.25) is 4.99 Å². The predicted molar refractivity (Wildman–Crippen MR) is 101 cm³/mol. The largest absolute Gasteiger partial charge is 0.367 e. The molecule has 3 rings (SSSR count). The zero-order valence-corrected chi connectivity index (χ0v) is 15.4. The third-order valence-corrected chi connectivity index (χ3v) is 5.18. The standard InChI is InChI=1S/C19H24FN3OS/c1-14-12-23(13-18(24-14)15-5-7-16(20)8-6-15)19(21-2)22-10-9-17-4-3-11-25-17/h3-8,11,14,18H,9-10,12-13H2,1-2H3,(H,21,22). The Morgan fingerprint density at radius 1 is 1.32 bits per heavy atom. The summed E-state index contributed by atoms with van der Waals surface area (Å²) in [7, 11) is 1.81. The van der Waals surface area contributed by atoms with Crippen molar-refractivity contribution in [1.82, 2.24) is 10.2 Å². The van der Waals surface area contributed by atoms with Gasteiger partial charge in [-0.15, -0.1) is 11.3 Å². The Balaban J connectivity index is 1.61. The van der Waals surface area contributed by atoms with Gasteiger partial charge in [-0.05, 0) is 42.5 Å². The monoisotopic (exact) mass is 361 g/mol. The molecule has 1 N–H and O–H groups in total. The highest BCUT2D eigenvalue weighted by Gasteiger charge is 2.28. The molecule has 1 aromatic heterocycles. The van der Waals surface area contributed by atoms with Crippen LogP contribution in [0, 0.1) is 5.82 Å². The maximum atomic E-state index is 13.2. The smallest absolute Gasteiger partial charge is 0.193 e. The minimum atomic E-state index is -0.226. The second kappa shape index (κ2) is 8.45. The average Bonchev–Trinajstić information content (AvgIpc) is 3.12. The molecule has 6 heteroatoms. The molecule has 0 amide bonds. The van der Waals surface area contributed by atoms with E-state index in [9.17, 15) is 4.39 Å². The summed E-state index contributed by atoms with van der Waals surface area (Å²) in [6.45, 7) is 4.40. The topological polar surface area (TPSA) is 36.9 Å². The van der Waals surface area contributed by atoms with Gasteiger partial charge < -0.3 is 15.0 Å². The van der Waals surface area contributed by atoms with Gasteiger partial charge in [0.2, 0.25) is 0 Å². The van der Waals surface area contributed by atoms with E-state index in [0.29, 0.717) is 6.54 Å². The van der Waals surface area contributed by atoms with E-state index in [1.165, 1.54) is 17.0 Å². The van der Waals surface area contributed by atoms with E-state index in [2.05, 4.69) is 39.6 Å². The number of guanidine groups is 1. The highest BCUT2D eigenvalue weighted by atomic mass is 32.1. The second-order valence-corrected chi connectivity index (χ2v) is 7.23. The van der Waals surface area contributed by atoms with Crippen LogP contribution in [0.3, 0.4) is 0 Å². The third kappa shape index (κ3) is 4.80. The fraction of sp³-hybridized carbons (Fsp3) is 0.421. The Hall–Kier alpha value is -1.92. The Kier molecular flexibility index (Phi) is 6.04. The van der Waals surface area contributed by atoms with Gasteiger partial charge in [0.1, 0.15) is 11.9 Å². The summed E-state index contributed by atoms with van der Waals surface area (Å²) in [5.74, 6) is 0.661. The molecule has 2 atom stereocenters. The Morgan fingerprint density at radius 3 is 2.80 bits per heavy atom. The number of nitrogens with zero attached hydrogens (tertiary/aromatic N) is 2. The number of nitrogens with one attached hydrogen (secondary N) is 1. The number of ether oxygens (including phenoxy) is 1. The van der Waals surface area contributed by atoms with Gasteiger partial charge in [0.15, 0.2) is 5.96 Å². The predicted octanol–water partition coefficient (Wildman–Crippen LogP) is 3.47. The molecule has 0 spiro atoms. The van der Waals surface area contributed by atoms with Crippen LogP contribution in [0.2, 0.25) is 0 Å². The Morgan fingerprint density at radius 2 is 2.12 bits per heavy atom. The summed E-state index contributed by atoms with van der Waals surface area (Å²) >= 11 is 1.77. The van der Waals surface area contributed by atoms with Crippen molar-refractivity contribution in [3.63, 3.8) is 0 Å². The van der Waals surface area contributed by atoms with E-state index in [1.54, 1.807) is 30.5 Å². The first kappa shape index (κ1) is 17.9. The molecule has 2 unspecified atom stereocenters. The highest BCUT2D eigenvalue weighted by Crippen LogP contribution is 2.25. The van der Waals surface area contributed by atoms with Crippen molar-refractivity contribution in [2.24, 2.45) is 4.99 Å². The van der Waals surface area contributed by atoms with E-state index < -0.39 is 0 Å². The molecule has 0 radical (unpaired) electrons. The summed E-state index contributed by atoms with van der Waals surface area (Å²) in [5, 5.41) is 5.54.